The van der Waals surface area contributed by atoms with Crippen LogP contribution in [-0.4, -0.2) is 61.8 Å². The van der Waals surface area contributed by atoms with Gasteiger partial charge in [-0.1, -0.05) is 54.6 Å². The van der Waals surface area contributed by atoms with Crippen LogP contribution in [0.4, 0.5) is 0 Å². The maximum Gasteiger partial charge on any atom is 0.172 e. The van der Waals surface area contributed by atoms with Crippen molar-refractivity contribution in [2.24, 2.45) is 11.8 Å². The number of para-hydroxylation sites is 1. The van der Waals surface area contributed by atoms with E-state index < -0.39 is 0 Å². The van der Waals surface area contributed by atoms with Crippen LogP contribution in [0.5, 0.6) is 17.2 Å². The van der Waals surface area contributed by atoms with Gasteiger partial charge < -0.3 is 14.2 Å². The van der Waals surface area contributed by atoms with Crippen LogP contribution in [0, 0.1) is 11.8 Å². The Kier molecular flexibility index (Phi) is 9.48. The van der Waals surface area contributed by atoms with Gasteiger partial charge in [0.1, 0.15) is 5.75 Å². The molecule has 2 aliphatic carbocycles. The van der Waals surface area contributed by atoms with Crippen molar-refractivity contribution >= 4 is 0 Å². The Bertz CT molecular complexity index is 1280. The highest BCUT2D eigenvalue weighted by atomic mass is 16.5. The van der Waals surface area contributed by atoms with E-state index in [0.29, 0.717) is 24.1 Å². The molecule has 6 rings (SSSR count). The summed E-state index contributed by atoms with van der Waals surface area (Å²) in [7, 11) is 4.02. The van der Waals surface area contributed by atoms with Gasteiger partial charge in [0.15, 0.2) is 11.5 Å². The summed E-state index contributed by atoms with van der Waals surface area (Å²) in [6.07, 6.45) is 8.60. The first-order valence-corrected chi connectivity index (χ1v) is 16.1. The van der Waals surface area contributed by atoms with Crippen LogP contribution in [-0.2, 0) is 24.1 Å². The third-order valence-corrected chi connectivity index (χ3v) is 9.77. The molecule has 0 amide bonds. The van der Waals surface area contributed by atoms with Crippen molar-refractivity contribution in [1.82, 2.24) is 9.80 Å². The first-order valence-electron chi connectivity index (χ1n) is 16.1. The monoisotopic (exact) mass is 568 g/mol. The second-order valence-corrected chi connectivity index (χ2v) is 12.9. The zero-order valence-electron chi connectivity index (χ0n) is 25.7. The molecule has 5 nitrogen and oxygen atoms in total. The van der Waals surface area contributed by atoms with Crippen molar-refractivity contribution in [1.29, 1.82) is 0 Å². The first-order chi connectivity index (χ1) is 20.6. The fraction of sp³-hybridized carbons (Fsp3) is 0.514. The fourth-order valence-electron chi connectivity index (χ4n) is 7.11. The average Bonchev–Trinajstić information content (AvgIpc) is 3.79. The molecule has 3 aliphatic rings. The predicted octanol–water partition coefficient (Wildman–Crippen LogP) is 7.37. The minimum absolute atomic E-state index is 0.291. The normalized spacial score (nSPS) is 23.0. The van der Waals surface area contributed by atoms with Crippen LogP contribution in [0.3, 0.4) is 0 Å². The first kappa shape index (κ1) is 29.2. The van der Waals surface area contributed by atoms with E-state index in [-0.39, 0.29) is 0 Å². The van der Waals surface area contributed by atoms with Crippen LogP contribution in [0.2, 0.25) is 0 Å². The molecule has 0 spiro atoms. The average molecular weight is 569 g/mol. The summed E-state index contributed by atoms with van der Waals surface area (Å²) >= 11 is 0. The minimum atomic E-state index is 0.291. The molecule has 3 aromatic rings. The molecule has 1 aliphatic heterocycles. The van der Waals surface area contributed by atoms with Crippen LogP contribution in [0.15, 0.2) is 72.8 Å². The van der Waals surface area contributed by atoms with Gasteiger partial charge in [0.2, 0.25) is 0 Å². The maximum absolute atomic E-state index is 6.62. The number of fused-ring (bicyclic) bond motifs is 1. The van der Waals surface area contributed by atoms with E-state index >= 15 is 0 Å². The second-order valence-electron chi connectivity index (χ2n) is 12.9. The number of ether oxygens (including phenoxy) is 3. The molecule has 0 bridgehead atoms. The van der Waals surface area contributed by atoms with E-state index in [4.69, 9.17) is 14.2 Å². The highest BCUT2D eigenvalue weighted by Gasteiger charge is 2.35. The number of hydrogen-bond donors (Lipinski definition) is 0. The van der Waals surface area contributed by atoms with E-state index in [2.05, 4.69) is 66.2 Å². The van der Waals surface area contributed by atoms with Crippen molar-refractivity contribution in [3.8, 4) is 17.2 Å². The Morgan fingerprint density at radius 2 is 1.57 bits per heavy atom. The molecule has 1 saturated heterocycles. The van der Waals surface area contributed by atoms with Crippen LogP contribution >= 0.6 is 0 Å². The van der Waals surface area contributed by atoms with E-state index in [1.807, 2.05) is 30.3 Å². The van der Waals surface area contributed by atoms with E-state index in [0.717, 1.165) is 68.5 Å². The second kappa shape index (κ2) is 13.6. The molecule has 0 aromatic heterocycles. The summed E-state index contributed by atoms with van der Waals surface area (Å²) in [5, 5.41) is 0. The molecule has 3 aromatic carbocycles. The Hall–Kier alpha value is -2.86. The van der Waals surface area contributed by atoms with Crippen LogP contribution in [0.1, 0.15) is 55.7 Å². The molecule has 2 fully saturated rings. The third-order valence-electron chi connectivity index (χ3n) is 9.77. The number of rotatable bonds is 12. The molecule has 1 saturated carbocycles. The molecule has 5 heteroatoms. The lowest BCUT2D eigenvalue weighted by Gasteiger charge is -2.36. The van der Waals surface area contributed by atoms with Crippen LogP contribution < -0.4 is 9.47 Å². The maximum atomic E-state index is 6.62. The quantitative estimate of drug-likeness (QED) is 0.228. The Morgan fingerprint density at radius 3 is 2.31 bits per heavy atom. The largest absolute Gasteiger partial charge is 0.493 e. The summed E-state index contributed by atoms with van der Waals surface area (Å²) in [4.78, 5) is 5.31. The highest BCUT2D eigenvalue weighted by Crippen LogP contribution is 2.43. The molecular formula is C37H48N2O3. The molecule has 42 heavy (non-hydrogen) atoms. The van der Waals surface area contributed by atoms with Gasteiger partial charge in [0, 0.05) is 43.9 Å². The topological polar surface area (TPSA) is 34.2 Å². The highest BCUT2D eigenvalue weighted by molar-refractivity contribution is 5.54. The van der Waals surface area contributed by atoms with Crippen molar-refractivity contribution < 1.29 is 14.2 Å². The summed E-state index contributed by atoms with van der Waals surface area (Å²) in [6, 6.07) is 26.3. The molecule has 224 valence electrons. The van der Waals surface area contributed by atoms with E-state index in [1.165, 1.54) is 42.5 Å². The third kappa shape index (κ3) is 7.19. The van der Waals surface area contributed by atoms with Gasteiger partial charge in [-0.2, -0.15) is 0 Å². The zero-order chi connectivity index (χ0) is 28.9. The minimum Gasteiger partial charge on any atom is -0.493 e. The summed E-state index contributed by atoms with van der Waals surface area (Å²) in [5.74, 6) is 3.99. The van der Waals surface area contributed by atoms with Gasteiger partial charge in [-0.3, -0.25) is 9.80 Å². The Labute approximate surface area is 252 Å². The number of nitrogens with zero attached hydrogens (tertiary/aromatic N) is 2. The Morgan fingerprint density at radius 1 is 0.833 bits per heavy atom. The lowest BCUT2D eigenvalue weighted by Crippen LogP contribution is -2.46. The number of methoxy groups -OCH3 is 1. The van der Waals surface area contributed by atoms with Gasteiger partial charge in [-0.05, 0) is 100 Å². The fourth-order valence-corrected chi connectivity index (χ4v) is 7.11. The summed E-state index contributed by atoms with van der Waals surface area (Å²) in [6.45, 7) is 6.59. The standard InChI is InChI=1S/C37H48N2O3/c1-27(35-19-17-32(20-21-41-35)38(2)24-28-10-6-4-7-11-28)39(25-29-14-15-29)26-30-22-31-16-18-36(40-3)37(34(31)23-30)42-33-12-8-5-9-13-33/h4-13,16,18,27,29-30,32,35H,14-15,17,19-26H2,1-3H3. The van der Waals surface area contributed by atoms with Gasteiger partial charge in [0.05, 0.1) is 13.2 Å². The molecular weight excluding hydrogens is 520 g/mol. The predicted molar refractivity (Wildman–Crippen MR) is 169 cm³/mol. The molecule has 4 atom stereocenters. The molecule has 0 radical (unpaired) electrons. The number of benzene rings is 3. The summed E-state index contributed by atoms with van der Waals surface area (Å²) in [5.41, 5.74) is 4.11. The van der Waals surface area contributed by atoms with Gasteiger partial charge in [-0.15, -0.1) is 0 Å². The van der Waals surface area contributed by atoms with Crippen molar-refractivity contribution in [3.63, 3.8) is 0 Å². The molecule has 1 heterocycles. The van der Waals surface area contributed by atoms with Gasteiger partial charge in [-0.25, -0.2) is 0 Å². The zero-order valence-corrected chi connectivity index (χ0v) is 25.7. The van der Waals surface area contributed by atoms with Crippen LogP contribution in [0.25, 0.3) is 0 Å². The SMILES string of the molecule is COc1ccc2c(c1Oc1ccccc1)CC(CN(CC1CC1)C(C)C1CCC(N(C)Cc3ccccc3)CCO1)C2. The molecule has 0 N–H and O–H groups in total. The van der Waals surface area contributed by atoms with E-state index in [1.54, 1.807) is 7.11 Å². The smallest absolute Gasteiger partial charge is 0.172 e. The lowest BCUT2D eigenvalue weighted by molar-refractivity contribution is -0.0113. The van der Waals surface area contributed by atoms with E-state index in [9.17, 15) is 0 Å². The summed E-state index contributed by atoms with van der Waals surface area (Å²) < 4.78 is 18.8. The van der Waals surface area contributed by atoms with Gasteiger partial charge >= 0.3 is 0 Å². The lowest BCUT2D eigenvalue weighted by atomic mass is 9.98. The van der Waals surface area contributed by atoms with Gasteiger partial charge in [0.25, 0.3) is 0 Å². The van der Waals surface area contributed by atoms with Crippen molar-refractivity contribution in [3.05, 3.63) is 89.5 Å². The Balaban J connectivity index is 1.10. The van der Waals surface area contributed by atoms with Crippen molar-refractivity contribution in [2.75, 3.05) is 33.9 Å². The molecule has 4 unspecified atom stereocenters. The van der Waals surface area contributed by atoms with Crippen molar-refractivity contribution in [2.45, 2.75) is 76.6 Å². The number of hydrogen-bond acceptors (Lipinski definition) is 5.